The number of hydrogen-bond acceptors (Lipinski definition) is 2. The number of aryl methyl sites for hydroxylation is 1. The molecule has 0 spiro atoms. The van der Waals surface area contributed by atoms with E-state index in [2.05, 4.69) is 16.7 Å². The molecule has 4 nitrogen and oxygen atoms in total. The largest absolute Gasteiger partial charge is 0.377 e. The number of anilines is 1. The first-order valence-electron chi connectivity index (χ1n) is 8.41. The van der Waals surface area contributed by atoms with Gasteiger partial charge in [0.25, 0.3) is 0 Å². The van der Waals surface area contributed by atoms with E-state index in [0.29, 0.717) is 6.54 Å². The first kappa shape index (κ1) is 17.0. The van der Waals surface area contributed by atoms with Gasteiger partial charge in [-0.1, -0.05) is 18.2 Å². The van der Waals surface area contributed by atoms with Crippen molar-refractivity contribution in [1.29, 1.82) is 0 Å². The molecule has 3 aromatic rings. The van der Waals surface area contributed by atoms with Crippen molar-refractivity contribution in [1.82, 2.24) is 4.57 Å². The van der Waals surface area contributed by atoms with E-state index in [1.807, 2.05) is 86.2 Å². The maximum Gasteiger partial charge on any atom is 0.229 e. The van der Waals surface area contributed by atoms with Gasteiger partial charge in [0.15, 0.2) is 12.4 Å². The minimum Gasteiger partial charge on any atom is -0.377 e. The molecule has 2 aromatic heterocycles. The summed E-state index contributed by atoms with van der Waals surface area (Å²) in [6, 6.07) is 16.2. The maximum absolute atomic E-state index is 12.8. The molecule has 0 fully saturated rings. The molecule has 4 heteroatoms. The molecule has 128 valence electrons. The Kier molecular flexibility index (Phi) is 4.70. The van der Waals surface area contributed by atoms with Crippen molar-refractivity contribution in [2.75, 3.05) is 19.0 Å². The van der Waals surface area contributed by atoms with Crippen LogP contribution in [0.15, 0.2) is 60.9 Å². The summed E-state index contributed by atoms with van der Waals surface area (Å²) < 4.78 is 4.05. The number of Topliss-reactive ketones (excluding diaryl/α,β-unsaturated/α-hetero) is 1. The van der Waals surface area contributed by atoms with Gasteiger partial charge >= 0.3 is 0 Å². The molecule has 0 saturated heterocycles. The van der Waals surface area contributed by atoms with Gasteiger partial charge in [-0.05, 0) is 32.0 Å². The number of carbonyl (C=O) groups is 1. The topological polar surface area (TPSA) is 29.1 Å². The van der Waals surface area contributed by atoms with Crippen LogP contribution in [-0.2, 0) is 6.54 Å². The maximum atomic E-state index is 12.8. The lowest BCUT2D eigenvalue weighted by Gasteiger charge is -2.10. The minimum atomic E-state index is 0.123. The molecule has 0 bridgehead atoms. The highest BCUT2D eigenvalue weighted by Crippen LogP contribution is 2.21. The normalized spacial score (nSPS) is 10.7. The average molecular weight is 334 g/mol. The Morgan fingerprint density at radius 3 is 2.28 bits per heavy atom. The second-order valence-electron chi connectivity index (χ2n) is 6.50. The van der Waals surface area contributed by atoms with Gasteiger partial charge < -0.3 is 9.47 Å². The van der Waals surface area contributed by atoms with Crippen molar-refractivity contribution in [3.05, 3.63) is 77.9 Å². The zero-order chi connectivity index (χ0) is 18.0. The monoisotopic (exact) mass is 334 g/mol. The minimum absolute atomic E-state index is 0.123. The predicted octanol–water partition coefficient (Wildman–Crippen LogP) is 3.33. The molecule has 0 radical (unpaired) electrons. The van der Waals surface area contributed by atoms with Gasteiger partial charge in [0.1, 0.15) is 0 Å². The standard InChI is InChI=1S/C21H24N3O/c1-16-14-20(17(2)24(16)19-8-6-5-7-9-19)21(25)15-23-12-10-18(11-13-23)22(3)4/h5-14H,15H2,1-4H3/q+1. The van der Waals surface area contributed by atoms with E-state index in [1.165, 1.54) is 0 Å². The van der Waals surface area contributed by atoms with Crippen LogP contribution >= 0.6 is 0 Å². The number of ketones is 1. The lowest BCUT2D eigenvalue weighted by molar-refractivity contribution is -0.683. The van der Waals surface area contributed by atoms with Crippen LogP contribution < -0.4 is 9.47 Å². The fraction of sp³-hybridized carbons (Fsp3) is 0.238. The van der Waals surface area contributed by atoms with E-state index in [9.17, 15) is 4.79 Å². The Bertz CT molecular complexity index is 878. The van der Waals surface area contributed by atoms with Gasteiger partial charge in [0.05, 0.1) is 0 Å². The number of nitrogens with zero attached hydrogens (tertiary/aromatic N) is 3. The van der Waals surface area contributed by atoms with Crippen LogP contribution in [0.1, 0.15) is 21.7 Å². The smallest absolute Gasteiger partial charge is 0.229 e. The van der Waals surface area contributed by atoms with Gasteiger partial charge in [0.2, 0.25) is 12.3 Å². The van der Waals surface area contributed by atoms with E-state index >= 15 is 0 Å². The Hall–Kier alpha value is -2.88. The van der Waals surface area contributed by atoms with Crippen molar-refractivity contribution in [3.63, 3.8) is 0 Å². The molecule has 0 aliphatic heterocycles. The lowest BCUT2D eigenvalue weighted by atomic mass is 10.1. The van der Waals surface area contributed by atoms with Gasteiger partial charge in [0, 0.05) is 54.6 Å². The van der Waals surface area contributed by atoms with Crippen LogP contribution in [0.2, 0.25) is 0 Å². The summed E-state index contributed by atoms with van der Waals surface area (Å²) in [6.45, 7) is 4.38. The number of hydrogen-bond donors (Lipinski definition) is 0. The van der Waals surface area contributed by atoms with Crippen molar-refractivity contribution in [2.24, 2.45) is 0 Å². The molecule has 1 aromatic carbocycles. The molecular weight excluding hydrogens is 310 g/mol. The van der Waals surface area contributed by atoms with E-state index in [-0.39, 0.29) is 5.78 Å². The summed E-state index contributed by atoms with van der Waals surface area (Å²) >= 11 is 0. The highest BCUT2D eigenvalue weighted by atomic mass is 16.1. The van der Waals surface area contributed by atoms with E-state index in [0.717, 1.165) is 28.3 Å². The number of pyridine rings is 1. The lowest BCUT2D eigenvalue weighted by Crippen LogP contribution is -2.37. The van der Waals surface area contributed by atoms with Gasteiger partial charge in [-0.25, -0.2) is 0 Å². The number of benzene rings is 1. The molecule has 0 atom stereocenters. The molecule has 0 saturated carbocycles. The fourth-order valence-corrected chi connectivity index (χ4v) is 3.12. The van der Waals surface area contributed by atoms with Crippen LogP contribution in [0.3, 0.4) is 0 Å². The molecule has 0 unspecified atom stereocenters. The molecule has 2 heterocycles. The number of rotatable bonds is 5. The highest BCUT2D eigenvalue weighted by molar-refractivity contribution is 5.96. The van der Waals surface area contributed by atoms with Crippen LogP contribution in [0, 0.1) is 13.8 Å². The van der Waals surface area contributed by atoms with Crippen LogP contribution in [-0.4, -0.2) is 24.4 Å². The van der Waals surface area contributed by atoms with Crippen LogP contribution in [0.4, 0.5) is 5.69 Å². The fourth-order valence-electron chi connectivity index (χ4n) is 3.12. The second-order valence-corrected chi connectivity index (χ2v) is 6.50. The average Bonchev–Trinajstić information content (AvgIpc) is 2.90. The summed E-state index contributed by atoms with van der Waals surface area (Å²) in [5, 5.41) is 0. The first-order valence-corrected chi connectivity index (χ1v) is 8.41. The number of para-hydroxylation sites is 1. The summed E-state index contributed by atoms with van der Waals surface area (Å²) in [5.41, 5.74) is 5.04. The predicted molar refractivity (Wildman–Crippen MR) is 101 cm³/mol. The third kappa shape index (κ3) is 3.48. The second kappa shape index (κ2) is 6.93. The molecular formula is C21H24N3O+. The van der Waals surface area contributed by atoms with E-state index < -0.39 is 0 Å². The number of aromatic nitrogens is 2. The van der Waals surface area contributed by atoms with E-state index in [4.69, 9.17) is 0 Å². The molecule has 0 N–H and O–H groups in total. The molecule has 25 heavy (non-hydrogen) atoms. The summed E-state index contributed by atoms with van der Waals surface area (Å²) in [7, 11) is 4.01. The Balaban J connectivity index is 1.86. The Labute approximate surface area is 149 Å². The van der Waals surface area contributed by atoms with Crippen molar-refractivity contribution in [3.8, 4) is 5.69 Å². The van der Waals surface area contributed by atoms with Gasteiger partial charge in [-0.15, -0.1) is 0 Å². The summed E-state index contributed by atoms with van der Waals surface area (Å²) in [5.74, 6) is 0.123. The van der Waals surface area contributed by atoms with Gasteiger partial charge in [-0.2, -0.15) is 4.57 Å². The van der Waals surface area contributed by atoms with Crippen LogP contribution in [0.5, 0.6) is 0 Å². The van der Waals surface area contributed by atoms with Gasteiger partial charge in [-0.3, -0.25) is 4.79 Å². The molecule has 0 amide bonds. The third-order valence-corrected chi connectivity index (χ3v) is 4.46. The molecule has 0 aliphatic carbocycles. The summed E-state index contributed by atoms with van der Waals surface area (Å²) in [6.07, 6.45) is 3.90. The van der Waals surface area contributed by atoms with E-state index in [1.54, 1.807) is 0 Å². The Morgan fingerprint density at radius 2 is 1.68 bits per heavy atom. The van der Waals surface area contributed by atoms with Crippen LogP contribution in [0.25, 0.3) is 5.69 Å². The van der Waals surface area contributed by atoms with Crippen molar-refractivity contribution >= 4 is 11.5 Å². The zero-order valence-electron chi connectivity index (χ0n) is 15.2. The Morgan fingerprint density at radius 1 is 1.04 bits per heavy atom. The SMILES string of the molecule is Cc1cc(C(=O)C[n+]2ccc(N(C)C)cc2)c(C)n1-c1ccccc1. The highest BCUT2D eigenvalue weighted by Gasteiger charge is 2.19. The van der Waals surface area contributed by atoms with Crippen molar-refractivity contribution < 1.29 is 9.36 Å². The summed E-state index contributed by atoms with van der Waals surface area (Å²) in [4.78, 5) is 14.8. The van der Waals surface area contributed by atoms with Crippen molar-refractivity contribution in [2.45, 2.75) is 20.4 Å². The first-order chi connectivity index (χ1) is 12.0. The molecule has 3 rings (SSSR count). The number of carbonyl (C=O) groups excluding carboxylic acids is 1. The third-order valence-electron chi connectivity index (χ3n) is 4.46. The molecule has 0 aliphatic rings. The quantitative estimate of drug-likeness (QED) is 0.529. The zero-order valence-corrected chi connectivity index (χ0v) is 15.2.